The summed E-state index contributed by atoms with van der Waals surface area (Å²) >= 11 is 3.57. The summed E-state index contributed by atoms with van der Waals surface area (Å²) in [4.78, 5) is 60.1. The number of halogens is 1. The maximum Gasteiger partial charge on any atom is 0.352 e. The molecule has 0 aliphatic carbocycles. The molecule has 5 heterocycles. The highest BCUT2D eigenvalue weighted by Gasteiger charge is 2.54. The number of thiazole rings is 1. The average Bonchev–Trinajstić information content (AvgIpc) is 3.65. The van der Waals surface area contributed by atoms with Crippen molar-refractivity contribution in [2.45, 2.75) is 24.5 Å². The van der Waals surface area contributed by atoms with E-state index < -0.39 is 48.2 Å². The van der Waals surface area contributed by atoms with Crippen molar-refractivity contribution in [3.63, 3.8) is 0 Å². The Kier molecular flexibility index (Phi) is 7.94. The van der Waals surface area contributed by atoms with Gasteiger partial charge in [-0.2, -0.15) is 13.8 Å². The third kappa shape index (κ3) is 5.09. The number of nitrogen functional groups attached to an aromatic ring is 1. The number of amides is 3. The smallest absolute Gasteiger partial charge is 0.352 e. The summed E-state index contributed by atoms with van der Waals surface area (Å²) in [7, 11) is 0. The molecule has 1 saturated heterocycles. The molecular formula is C21H21FN9O6S3+. The van der Waals surface area contributed by atoms with Crippen molar-refractivity contribution in [3.8, 4) is 0 Å². The van der Waals surface area contributed by atoms with E-state index in [-0.39, 0.29) is 35.5 Å². The lowest BCUT2D eigenvalue weighted by Crippen LogP contribution is -2.71. The van der Waals surface area contributed by atoms with Crippen LogP contribution >= 0.6 is 34.6 Å². The molecule has 15 nitrogen and oxygen atoms in total. The minimum Gasteiger partial charge on any atom is -0.477 e. The minimum atomic E-state index is -1.28. The Bertz CT molecular complexity index is 1550. The monoisotopic (exact) mass is 610 g/mol. The molecule has 0 saturated carbocycles. The van der Waals surface area contributed by atoms with Crippen LogP contribution in [0.4, 0.5) is 9.52 Å². The largest absolute Gasteiger partial charge is 0.477 e. The van der Waals surface area contributed by atoms with E-state index in [1.807, 2.05) is 20.5 Å². The van der Waals surface area contributed by atoms with Crippen LogP contribution < -0.4 is 20.8 Å². The number of nitrogens with zero attached hydrogens (tertiary/aromatic N) is 6. The Morgan fingerprint density at radius 3 is 2.95 bits per heavy atom. The number of carboxylic acids is 1. The molecule has 2 atom stereocenters. The van der Waals surface area contributed by atoms with Gasteiger partial charge in [0.1, 0.15) is 43.1 Å². The number of aliphatic carboxylic acids is 1. The van der Waals surface area contributed by atoms with Gasteiger partial charge in [0.25, 0.3) is 11.8 Å². The van der Waals surface area contributed by atoms with Crippen molar-refractivity contribution >= 4 is 74.5 Å². The molecule has 19 heteroatoms. The van der Waals surface area contributed by atoms with Crippen LogP contribution in [-0.2, 0) is 37.1 Å². The van der Waals surface area contributed by atoms with Crippen LogP contribution in [0.2, 0.25) is 0 Å². The third-order valence-electron chi connectivity index (χ3n) is 5.94. The van der Waals surface area contributed by atoms with Gasteiger partial charge in [0.05, 0.1) is 6.54 Å². The van der Waals surface area contributed by atoms with Gasteiger partial charge in [-0.15, -0.1) is 11.8 Å². The maximum absolute atomic E-state index is 13.1. The van der Waals surface area contributed by atoms with Gasteiger partial charge in [0.15, 0.2) is 10.8 Å². The van der Waals surface area contributed by atoms with Crippen LogP contribution in [0.1, 0.15) is 11.5 Å². The zero-order valence-corrected chi connectivity index (χ0v) is 22.8. The Morgan fingerprint density at radius 1 is 1.43 bits per heavy atom. The number of rotatable bonds is 12. The number of carbonyl (C=O) groups excluding carboxylic acids is 3. The Labute approximate surface area is 236 Å². The van der Waals surface area contributed by atoms with E-state index in [1.165, 1.54) is 23.1 Å². The number of fused-ring (bicyclic) bond motifs is 2. The number of carbonyl (C=O) groups is 4. The quantitative estimate of drug-likeness (QED) is 0.0498. The molecular weight excluding hydrogens is 589 g/mol. The zero-order valence-electron chi connectivity index (χ0n) is 20.4. The van der Waals surface area contributed by atoms with Gasteiger partial charge in [-0.25, -0.2) is 13.8 Å². The van der Waals surface area contributed by atoms with E-state index in [9.17, 15) is 28.7 Å². The van der Waals surface area contributed by atoms with E-state index in [4.69, 9.17) is 10.6 Å². The normalized spacial score (nSPS) is 18.9. The van der Waals surface area contributed by atoms with Gasteiger partial charge in [-0.3, -0.25) is 19.3 Å². The summed E-state index contributed by atoms with van der Waals surface area (Å²) in [6.07, 6.45) is 4.23. The number of carboxylic acid groups (broad SMARTS) is 1. The number of hydrogen-bond acceptors (Lipinski definition) is 12. The van der Waals surface area contributed by atoms with Gasteiger partial charge in [-0.05, 0) is 0 Å². The van der Waals surface area contributed by atoms with E-state index in [0.717, 1.165) is 27.0 Å². The number of aromatic nitrogens is 4. The number of thioether (sulfide) groups is 1. The number of hydrogen-bond donors (Lipinski definition) is 4. The van der Waals surface area contributed by atoms with E-state index in [2.05, 4.69) is 25.1 Å². The molecule has 5 N–H and O–H groups in total. The molecule has 3 aromatic rings. The molecule has 40 heavy (non-hydrogen) atoms. The second-order valence-electron chi connectivity index (χ2n) is 8.34. The van der Waals surface area contributed by atoms with Crippen LogP contribution in [0.25, 0.3) is 4.83 Å². The molecule has 0 radical (unpaired) electrons. The maximum atomic E-state index is 13.1. The van der Waals surface area contributed by atoms with Crippen molar-refractivity contribution < 1.29 is 37.9 Å². The molecule has 2 aliphatic heterocycles. The van der Waals surface area contributed by atoms with E-state index in [0.29, 0.717) is 12.0 Å². The molecule has 0 aromatic carbocycles. The lowest BCUT2D eigenvalue weighted by Gasteiger charge is -2.49. The number of imidazole rings is 1. The standard InChI is InChI=1S/C21H20FN9O6S3/c22-1-3-37-27-12(15-26-21(23)40-28-15)16(33)25-13-17(34)31-14(20(35)36)10(7-39-19(13)31)6-30-9-29-2-4-38-18(29)11(30)5-24-8-32/h2,4,8-9,13,19H,1,3,5-7H2,(H4-,23,24,25,26,28,32,33,35,36)/p+1/b27-12-/t13-,19-/m1/s1. The number of β-lactam (4-membered cyclic amide) rings is 1. The Balaban J connectivity index is 1.37. The fourth-order valence-electron chi connectivity index (χ4n) is 4.27. The summed E-state index contributed by atoms with van der Waals surface area (Å²) in [5.74, 6) is -2.66. The Hall–Kier alpha value is -4.10. The molecule has 1 fully saturated rings. The highest BCUT2D eigenvalue weighted by Crippen LogP contribution is 2.41. The first-order valence-corrected chi connectivity index (χ1v) is 14.2. The highest BCUT2D eigenvalue weighted by molar-refractivity contribution is 8.00. The van der Waals surface area contributed by atoms with Crippen molar-refractivity contribution in [1.82, 2.24) is 29.5 Å². The molecule has 3 amide bonds. The van der Waals surface area contributed by atoms with Gasteiger partial charge >= 0.3 is 5.97 Å². The molecule has 3 aromatic heterocycles. The first-order chi connectivity index (χ1) is 19.3. The summed E-state index contributed by atoms with van der Waals surface area (Å²) in [6.45, 7) is -0.847. The summed E-state index contributed by atoms with van der Waals surface area (Å²) in [5, 5.41) is 20.1. The van der Waals surface area contributed by atoms with E-state index >= 15 is 0 Å². The Morgan fingerprint density at radius 2 is 2.25 bits per heavy atom. The lowest BCUT2D eigenvalue weighted by atomic mass is 10.0. The van der Waals surface area contributed by atoms with Crippen molar-refractivity contribution in [2.75, 3.05) is 24.8 Å². The van der Waals surface area contributed by atoms with Gasteiger partial charge in [0, 0.05) is 28.2 Å². The van der Waals surface area contributed by atoms with Gasteiger partial charge in [0.2, 0.25) is 29.1 Å². The highest BCUT2D eigenvalue weighted by atomic mass is 32.2. The SMILES string of the molecule is Nc1nc(/C(=N/OCCF)C(=O)N[C@@H]2C(=O)N3C(C(=O)O)=C(Cn4c[n+]5ccsc5c4CNC=O)CS[C@H]23)ns1. The molecule has 0 bridgehead atoms. The second kappa shape index (κ2) is 11.6. The molecule has 0 spiro atoms. The van der Waals surface area contributed by atoms with Crippen molar-refractivity contribution in [2.24, 2.45) is 5.16 Å². The molecule has 210 valence electrons. The van der Waals surface area contributed by atoms with Crippen molar-refractivity contribution in [1.29, 1.82) is 0 Å². The van der Waals surface area contributed by atoms with Crippen LogP contribution in [0.3, 0.4) is 0 Å². The molecule has 2 aliphatic rings. The topological polar surface area (TPSA) is 198 Å². The minimum absolute atomic E-state index is 0.0597. The van der Waals surface area contributed by atoms with Crippen LogP contribution in [0.5, 0.6) is 0 Å². The third-order valence-corrected chi connectivity index (χ3v) is 8.75. The summed E-state index contributed by atoms with van der Waals surface area (Å²) in [6, 6.07) is -1.06. The fraction of sp³-hybridized carbons (Fsp3) is 0.333. The molecule has 0 unspecified atom stereocenters. The zero-order chi connectivity index (χ0) is 28.4. The number of nitrogens with one attached hydrogen (secondary N) is 2. The van der Waals surface area contributed by atoms with Crippen molar-refractivity contribution in [3.05, 3.63) is 40.7 Å². The average molecular weight is 611 g/mol. The number of anilines is 1. The number of oxime groups is 1. The number of alkyl halides is 1. The van der Waals surface area contributed by atoms with Crippen LogP contribution in [0, 0.1) is 0 Å². The lowest BCUT2D eigenvalue weighted by molar-refractivity contribution is -0.508. The summed E-state index contributed by atoms with van der Waals surface area (Å²) in [5.41, 5.74) is 6.30. The van der Waals surface area contributed by atoms with Crippen LogP contribution in [0.15, 0.2) is 34.3 Å². The second-order valence-corrected chi connectivity index (χ2v) is 11.1. The van der Waals surface area contributed by atoms with Gasteiger partial charge in [-0.1, -0.05) is 16.5 Å². The van der Waals surface area contributed by atoms with Crippen LogP contribution in [-0.4, -0.2) is 84.3 Å². The molecule has 5 rings (SSSR count). The fourth-order valence-corrected chi connectivity index (χ4v) is 6.92. The first kappa shape index (κ1) is 27.5. The summed E-state index contributed by atoms with van der Waals surface area (Å²) < 4.78 is 20.1. The van der Waals surface area contributed by atoms with Gasteiger partial charge < -0.3 is 26.3 Å². The predicted octanol–water partition coefficient (Wildman–Crippen LogP) is -0.903. The first-order valence-electron chi connectivity index (χ1n) is 11.5. The van der Waals surface area contributed by atoms with E-state index in [1.54, 1.807) is 6.33 Å². The predicted molar refractivity (Wildman–Crippen MR) is 141 cm³/mol. The number of nitrogens with two attached hydrogens (primary N) is 1.